The molecule has 2 heterocycles. The average Bonchev–Trinajstić information content (AvgIpc) is 3.21. The van der Waals surface area contributed by atoms with Gasteiger partial charge in [0.2, 0.25) is 6.79 Å². The highest BCUT2D eigenvalue weighted by Gasteiger charge is 2.66. The van der Waals surface area contributed by atoms with Crippen LogP contribution in [0, 0.1) is 11.3 Å². The molecule has 140 valence electrons. The fourth-order valence-electron chi connectivity index (χ4n) is 5.33. The van der Waals surface area contributed by atoms with Gasteiger partial charge in [-0.1, -0.05) is 12.5 Å². The molecule has 0 amide bonds. The topological polar surface area (TPSA) is 55.3 Å². The van der Waals surface area contributed by atoms with E-state index in [0.29, 0.717) is 30.3 Å². The average molecular weight is 357 g/mol. The molecule has 6 nitrogen and oxygen atoms in total. The second-order valence-electron chi connectivity index (χ2n) is 8.04. The molecule has 1 aromatic rings. The lowest BCUT2D eigenvalue weighted by molar-refractivity contribution is -0.171. The van der Waals surface area contributed by atoms with Gasteiger partial charge in [-0.15, -0.1) is 0 Å². The molecule has 0 radical (unpaired) electrons. The molecule has 4 aliphatic rings. The molecule has 0 bridgehead atoms. The maximum Gasteiger partial charge on any atom is 0.231 e. The molecule has 2 aliphatic heterocycles. The largest absolute Gasteiger partial charge is 0.454 e. The number of hydrogen-bond donors (Lipinski definition) is 1. The number of benzene rings is 1. The molecule has 6 heteroatoms. The summed E-state index contributed by atoms with van der Waals surface area (Å²) in [5.74, 6) is 3.26. The third-order valence-electron chi connectivity index (χ3n) is 6.75. The summed E-state index contributed by atoms with van der Waals surface area (Å²) < 4.78 is 16.9. The van der Waals surface area contributed by atoms with E-state index in [1.807, 2.05) is 13.1 Å². The van der Waals surface area contributed by atoms with Crippen molar-refractivity contribution in [1.29, 1.82) is 0 Å². The minimum Gasteiger partial charge on any atom is -0.454 e. The Hall–Kier alpha value is -1.95. The first-order valence-corrected chi connectivity index (χ1v) is 9.66. The molecule has 3 fully saturated rings. The molecule has 5 rings (SSSR count). The SMILES string of the molecule is CN=C(NC1C2CCOC2C12CCC2)N(C)Cc1ccc2c(c1)OCO2. The number of nitrogens with one attached hydrogen (secondary N) is 1. The van der Waals surface area contributed by atoms with E-state index in [-0.39, 0.29) is 0 Å². The summed E-state index contributed by atoms with van der Waals surface area (Å²) in [4.78, 5) is 6.74. The number of ether oxygens (including phenoxy) is 3. The Morgan fingerprint density at radius 3 is 2.92 bits per heavy atom. The van der Waals surface area contributed by atoms with Gasteiger partial charge in [0.1, 0.15) is 0 Å². The predicted octanol–water partition coefficient (Wildman–Crippen LogP) is 2.38. The summed E-state index contributed by atoms with van der Waals surface area (Å²) in [6.07, 6.45) is 5.55. The van der Waals surface area contributed by atoms with Gasteiger partial charge in [0.25, 0.3) is 0 Å². The van der Waals surface area contributed by atoms with Crippen molar-refractivity contribution < 1.29 is 14.2 Å². The Balaban J connectivity index is 1.27. The van der Waals surface area contributed by atoms with Gasteiger partial charge in [-0.3, -0.25) is 4.99 Å². The Morgan fingerprint density at radius 1 is 1.31 bits per heavy atom. The van der Waals surface area contributed by atoms with Crippen LogP contribution in [0.15, 0.2) is 23.2 Å². The van der Waals surface area contributed by atoms with Crippen LogP contribution < -0.4 is 14.8 Å². The molecule has 0 aromatic heterocycles. The van der Waals surface area contributed by atoms with E-state index < -0.39 is 0 Å². The van der Waals surface area contributed by atoms with Gasteiger partial charge in [0.15, 0.2) is 17.5 Å². The second-order valence-corrected chi connectivity index (χ2v) is 8.04. The standard InChI is InChI=1S/C20H27N3O3/c1-21-19(22-17-14-6-9-24-18(14)20(17)7-3-8-20)23(2)11-13-4-5-15-16(10-13)26-12-25-15/h4-5,10,14,17-18H,3,6-9,11-12H2,1-2H3,(H,21,22). The molecule has 1 N–H and O–H groups in total. The van der Waals surface area contributed by atoms with Gasteiger partial charge in [-0.25, -0.2) is 0 Å². The van der Waals surface area contributed by atoms with Crippen molar-refractivity contribution in [3.8, 4) is 11.5 Å². The van der Waals surface area contributed by atoms with E-state index in [0.717, 1.165) is 30.6 Å². The fraction of sp³-hybridized carbons (Fsp3) is 0.650. The van der Waals surface area contributed by atoms with Crippen LogP contribution in [0.5, 0.6) is 11.5 Å². The zero-order chi connectivity index (χ0) is 17.7. The van der Waals surface area contributed by atoms with E-state index in [1.54, 1.807) is 0 Å². The fourth-order valence-corrected chi connectivity index (χ4v) is 5.33. The summed E-state index contributed by atoms with van der Waals surface area (Å²) in [6.45, 7) is 2.01. The molecular formula is C20H27N3O3. The zero-order valence-corrected chi connectivity index (χ0v) is 15.5. The quantitative estimate of drug-likeness (QED) is 0.665. The smallest absolute Gasteiger partial charge is 0.231 e. The molecule has 2 aliphatic carbocycles. The molecule has 2 saturated carbocycles. The highest BCUT2D eigenvalue weighted by atomic mass is 16.7. The molecule has 26 heavy (non-hydrogen) atoms. The first-order valence-electron chi connectivity index (χ1n) is 9.66. The molecule has 1 aromatic carbocycles. The van der Waals surface area contributed by atoms with E-state index in [4.69, 9.17) is 14.2 Å². The van der Waals surface area contributed by atoms with Crippen LogP contribution in [-0.4, -0.2) is 50.5 Å². The number of hydrogen-bond acceptors (Lipinski definition) is 4. The third-order valence-corrected chi connectivity index (χ3v) is 6.75. The van der Waals surface area contributed by atoms with Crippen molar-refractivity contribution in [1.82, 2.24) is 10.2 Å². The number of aliphatic imine (C=N–C) groups is 1. The van der Waals surface area contributed by atoms with Crippen LogP contribution in [0.25, 0.3) is 0 Å². The highest BCUT2D eigenvalue weighted by molar-refractivity contribution is 5.80. The van der Waals surface area contributed by atoms with Gasteiger partial charge < -0.3 is 24.4 Å². The van der Waals surface area contributed by atoms with Crippen LogP contribution in [0.2, 0.25) is 0 Å². The Bertz CT molecular complexity index is 731. The maximum atomic E-state index is 6.03. The number of guanidine groups is 1. The van der Waals surface area contributed by atoms with Crippen LogP contribution >= 0.6 is 0 Å². The van der Waals surface area contributed by atoms with Crippen molar-refractivity contribution >= 4 is 5.96 Å². The van der Waals surface area contributed by atoms with Crippen molar-refractivity contribution in [2.24, 2.45) is 16.3 Å². The van der Waals surface area contributed by atoms with Crippen molar-refractivity contribution in [2.75, 3.05) is 27.5 Å². The summed E-state index contributed by atoms with van der Waals surface area (Å²) in [7, 11) is 3.96. The second kappa shape index (κ2) is 6.05. The first kappa shape index (κ1) is 16.2. The zero-order valence-electron chi connectivity index (χ0n) is 15.5. The predicted molar refractivity (Wildman–Crippen MR) is 98.4 cm³/mol. The molecular weight excluding hydrogens is 330 g/mol. The maximum absolute atomic E-state index is 6.03. The highest BCUT2D eigenvalue weighted by Crippen LogP contribution is 2.62. The van der Waals surface area contributed by atoms with Crippen LogP contribution in [0.4, 0.5) is 0 Å². The molecule has 1 saturated heterocycles. The van der Waals surface area contributed by atoms with Crippen LogP contribution in [0.1, 0.15) is 31.2 Å². The van der Waals surface area contributed by atoms with Gasteiger partial charge in [-0.2, -0.15) is 0 Å². The molecule has 3 unspecified atom stereocenters. The van der Waals surface area contributed by atoms with E-state index in [1.165, 1.54) is 31.2 Å². The molecule has 3 atom stereocenters. The van der Waals surface area contributed by atoms with Crippen molar-refractivity contribution in [3.05, 3.63) is 23.8 Å². The van der Waals surface area contributed by atoms with Crippen molar-refractivity contribution in [2.45, 2.75) is 44.4 Å². The van der Waals surface area contributed by atoms with Crippen LogP contribution in [0.3, 0.4) is 0 Å². The summed E-state index contributed by atoms with van der Waals surface area (Å²) in [6, 6.07) is 6.64. The van der Waals surface area contributed by atoms with E-state index >= 15 is 0 Å². The normalized spacial score (nSPS) is 30.5. The van der Waals surface area contributed by atoms with Crippen LogP contribution in [-0.2, 0) is 11.3 Å². The summed E-state index contributed by atoms with van der Waals surface area (Å²) >= 11 is 0. The number of fused-ring (bicyclic) bond motifs is 3. The van der Waals surface area contributed by atoms with Gasteiger partial charge in [0, 0.05) is 44.6 Å². The summed E-state index contributed by atoms with van der Waals surface area (Å²) in [5.41, 5.74) is 1.55. The van der Waals surface area contributed by atoms with Gasteiger partial charge in [0.05, 0.1) is 6.10 Å². The molecule has 1 spiro atoms. The Labute approximate surface area is 154 Å². The number of nitrogens with zero attached hydrogens (tertiary/aromatic N) is 2. The van der Waals surface area contributed by atoms with E-state index in [9.17, 15) is 0 Å². The minimum absolute atomic E-state index is 0.312. The van der Waals surface area contributed by atoms with Gasteiger partial charge >= 0.3 is 0 Å². The Morgan fingerprint density at radius 2 is 2.15 bits per heavy atom. The lowest BCUT2D eigenvalue weighted by Crippen LogP contribution is -2.72. The summed E-state index contributed by atoms with van der Waals surface area (Å²) in [5, 5.41) is 3.78. The minimum atomic E-state index is 0.312. The lowest BCUT2D eigenvalue weighted by Gasteiger charge is -2.63. The first-order chi connectivity index (χ1) is 12.7. The number of rotatable bonds is 3. The Kier molecular flexibility index (Phi) is 3.78. The lowest BCUT2D eigenvalue weighted by atomic mass is 9.46. The van der Waals surface area contributed by atoms with Crippen molar-refractivity contribution in [3.63, 3.8) is 0 Å². The third kappa shape index (κ3) is 2.31. The van der Waals surface area contributed by atoms with Gasteiger partial charge in [-0.05, 0) is 37.0 Å². The van der Waals surface area contributed by atoms with E-state index in [2.05, 4.69) is 34.4 Å². The monoisotopic (exact) mass is 357 g/mol.